The summed E-state index contributed by atoms with van der Waals surface area (Å²) in [5.74, 6) is 1.33. The lowest BCUT2D eigenvalue weighted by atomic mass is 9.89. The molecule has 7 rings (SSSR count). The molecule has 0 bridgehead atoms. The van der Waals surface area contributed by atoms with E-state index in [1.165, 1.54) is 34.0 Å². The number of carbonyl (C=O) groups is 1. The van der Waals surface area contributed by atoms with Crippen molar-refractivity contribution in [2.24, 2.45) is 0 Å². The Morgan fingerprint density at radius 1 is 0.868 bits per heavy atom. The molecule has 288 valence electrons. The van der Waals surface area contributed by atoms with Crippen molar-refractivity contribution in [3.8, 4) is 11.3 Å². The largest absolute Gasteiger partial charge is 0.417 e. The van der Waals surface area contributed by atoms with E-state index < -0.39 is 21.8 Å². The van der Waals surface area contributed by atoms with E-state index in [4.69, 9.17) is 5.10 Å². The zero-order valence-corrected chi connectivity index (χ0v) is 32.2. The molecular weight excluding hydrogens is 722 g/mol. The molecule has 53 heavy (non-hydrogen) atoms. The van der Waals surface area contributed by atoms with Gasteiger partial charge in [-0.2, -0.15) is 22.6 Å². The Kier molecular flexibility index (Phi) is 11.9. The third-order valence-electron chi connectivity index (χ3n) is 11.6. The second-order valence-corrected chi connectivity index (χ2v) is 18.2. The molecule has 1 aromatic heterocycles. The molecule has 0 unspecified atom stereocenters. The Labute approximate surface area is 315 Å². The third-order valence-corrected chi connectivity index (χ3v) is 13.9. The van der Waals surface area contributed by atoms with Gasteiger partial charge in [-0.15, -0.1) is 11.8 Å². The van der Waals surface area contributed by atoms with Crippen LogP contribution in [0.2, 0.25) is 0 Å². The Morgan fingerprint density at radius 2 is 1.58 bits per heavy atom. The predicted molar refractivity (Wildman–Crippen MR) is 202 cm³/mol. The van der Waals surface area contributed by atoms with Crippen LogP contribution in [0.25, 0.3) is 11.3 Å². The summed E-state index contributed by atoms with van der Waals surface area (Å²) in [4.78, 5) is 19.2. The summed E-state index contributed by atoms with van der Waals surface area (Å²) in [5, 5.41) is 4.99. The second kappa shape index (κ2) is 16.4. The number of rotatable bonds is 12. The summed E-state index contributed by atoms with van der Waals surface area (Å²) in [6, 6.07) is 15.1. The first-order valence-corrected chi connectivity index (χ1v) is 21.9. The number of halogens is 3. The Hall–Kier alpha value is -2.91. The minimum Gasteiger partial charge on any atom is -0.340 e. The molecule has 0 atom stereocenters. The van der Waals surface area contributed by atoms with Crippen molar-refractivity contribution >= 4 is 27.7 Å². The van der Waals surface area contributed by atoms with Gasteiger partial charge in [0.2, 0.25) is 15.9 Å². The van der Waals surface area contributed by atoms with Gasteiger partial charge in [-0.1, -0.05) is 36.4 Å². The van der Waals surface area contributed by atoms with Crippen molar-refractivity contribution in [2.45, 2.75) is 87.5 Å². The fourth-order valence-corrected chi connectivity index (χ4v) is 10.5. The standard InChI is InChI=1S/C39H51F3N6O3S2/c1-53(50,51)46-24-16-35-33(28-46)38(43-48(35)19-6-17-44-22-14-32(15-23-44)47-18-5-9-37(47)49)31-10-11-34(39(40,41)42)36(27-31)52-26-25-45-20-12-30(13-21-45)29-7-3-2-4-8-29/h2-4,7-8,10-11,27,30,32H,5-6,9,12-26,28H2,1H3. The lowest BCUT2D eigenvalue weighted by Gasteiger charge is -2.36. The molecule has 3 aromatic rings. The number of aromatic nitrogens is 2. The zero-order chi connectivity index (χ0) is 37.2. The minimum absolute atomic E-state index is 0.147. The highest BCUT2D eigenvalue weighted by Crippen LogP contribution is 2.41. The van der Waals surface area contributed by atoms with Crippen LogP contribution in [0.15, 0.2) is 53.4 Å². The van der Waals surface area contributed by atoms with Crippen LogP contribution >= 0.6 is 11.8 Å². The Balaban J connectivity index is 1.03. The highest BCUT2D eigenvalue weighted by Gasteiger charge is 2.35. The quantitative estimate of drug-likeness (QED) is 0.199. The lowest BCUT2D eigenvalue weighted by Crippen LogP contribution is -2.45. The summed E-state index contributed by atoms with van der Waals surface area (Å²) >= 11 is 1.23. The molecule has 0 aliphatic carbocycles. The summed E-state index contributed by atoms with van der Waals surface area (Å²) in [6.45, 7) is 7.31. The summed E-state index contributed by atoms with van der Waals surface area (Å²) < 4.78 is 71.5. The van der Waals surface area contributed by atoms with Crippen molar-refractivity contribution < 1.29 is 26.4 Å². The van der Waals surface area contributed by atoms with Gasteiger partial charge in [-0.05, 0) is 81.8 Å². The smallest absolute Gasteiger partial charge is 0.340 e. The van der Waals surface area contributed by atoms with Crippen molar-refractivity contribution in [2.75, 3.05) is 64.4 Å². The number of carbonyl (C=O) groups excluding carboxylic acids is 1. The van der Waals surface area contributed by atoms with Gasteiger partial charge >= 0.3 is 6.18 Å². The SMILES string of the molecule is CS(=O)(=O)N1CCc2c(c(-c3ccc(C(F)(F)F)c(SCCN4CCC(c5ccccc5)CC4)c3)nn2CCCN2CCC(N3CCCC3=O)CC2)C1. The molecule has 5 heterocycles. The molecule has 9 nitrogen and oxygen atoms in total. The first-order valence-electron chi connectivity index (χ1n) is 19.1. The first-order chi connectivity index (χ1) is 25.4. The molecule has 4 aliphatic heterocycles. The Morgan fingerprint density at radius 3 is 2.26 bits per heavy atom. The number of fused-ring (bicyclic) bond motifs is 1. The van der Waals surface area contributed by atoms with Crippen LogP contribution in [0.5, 0.6) is 0 Å². The molecule has 2 aromatic carbocycles. The van der Waals surface area contributed by atoms with E-state index in [0.29, 0.717) is 61.4 Å². The van der Waals surface area contributed by atoms with Gasteiger partial charge in [0, 0.05) is 92.2 Å². The average molecular weight is 773 g/mol. The van der Waals surface area contributed by atoms with Gasteiger partial charge in [0.15, 0.2) is 0 Å². The van der Waals surface area contributed by atoms with E-state index in [1.54, 1.807) is 6.07 Å². The van der Waals surface area contributed by atoms with Crippen LogP contribution in [0.1, 0.15) is 73.2 Å². The average Bonchev–Trinajstić information content (AvgIpc) is 3.74. The number of hydrogen-bond acceptors (Lipinski definition) is 7. The molecular formula is C39H51F3N6O3S2. The highest BCUT2D eigenvalue weighted by atomic mass is 32.2. The summed E-state index contributed by atoms with van der Waals surface area (Å²) in [5.41, 5.74) is 3.56. The molecule has 3 fully saturated rings. The van der Waals surface area contributed by atoms with Gasteiger partial charge in [0.25, 0.3) is 0 Å². The number of nitrogens with zero attached hydrogens (tertiary/aromatic N) is 6. The molecule has 3 saturated heterocycles. The molecule has 0 saturated carbocycles. The second-order valence-electron chi connectivity index (χ2n) is 15.0. The molecule has 0 N–H and O–H groups in total. The Bertz CT molecular complexity index is 1840. The van der Waals surface area contributed by atoms with Gasteiger partial charge in [0.05, 0.1) is 17.5 Å². The van der Waals surface area contributed by atoms with Gasteiger partial charge in [0.1, 0.15) is 0 Å². The number of amides is 1. The van der Waals surface area contributed by atoms with E-state index in [1.807, 2.05) is 10.7 Å². The molecule has 4 aliphatic rings. The fourth-order valence-electron chi connectivity index (χ4n) is 8.64. The number of benzene rings is 2. The number of likely N-dealkylation sites (tertiary alicyclic amines) is 3. The molecule has 1 amide bonds. The third kappa shape index (κ3) is 9.15. The van der Waals surface area contributed by atoms with E-state index >= 15 is 0 Å². The highest BCUT2D eigenvalue weighted by molar-refractivity contribution is 7.99. The first kappa shape index (κ1) is 38.4. The van der Waals surface area contributed by atoms with Crippen LogP contribution in [0.4, 0.5) is 13.2 Å². The van der Waals surface area contributed by atoms with Crippen LogP contribution in [0.3, 0.4) is 0 Å². The maximum Gasteiger partial charge on any atom is 0.417 e. The maximum absolute atomic E-state index is 14.3. The van der Waals surface area contributed by atoms with Crippen LogP contribution in [-0.4, -0.2) is 114 Å². The molecule has 0 spiro atoms. The number of hydrogen-bond donors (Lipinski definition) is 0. The topological polar surface area (TPSA) is 82.0 Å². The van der Waals surface area contributed by atoms with Gasteiger partial charge in [-0.3, -0.25) is 9.48 Å². The van der Waals surface area contributed by atoms with Crippen molar-refractivity contribution in [1.29, 1.82) is 0 Å². The number of alkyl halides is 3. The fraction of sp³-hybridized carbons (Fsp3) is 0.590. The van der Waals surface area contributed by atoms with Crippen LogP contribution in [-0.2, 0) is 40.5 Å². The maximum atomic E-state index is 14.3. The van der Waals surface area contributed by atoms with Crippen molar-refractivity contribution in [3.05, 3.63) is 70.9 Å². The monoisotopic (exact) mass is 772 g/mol. The minimum atomic E-state index is -4.50. The van der Waals surface area contributed by atoms with E-state index in [0.717, 1.165) is 95.1 Å². The van der Waals surface area contributed by atoms with Gasteiger partial charge in [-0.25, -0.2) is 8.42 Å². The molecule has 0 radical (unpaired) electrons. The van der Waals surface area contributed by atoms with Gasteiger partial charge < -0.3 is 14.7 Å². The number of aryl methyl sites for hydroxylation is 1. The molecule has 14 heteroatoms. The normalized spacial score (nSPS) is 20.4. The van der Waals surface area contributed by atoms with Crippen molar-refractivity contribution in [3.63, 3.8) is 0 Å². The number of thioether (sulfide) groups is 1. The number of sulfonamides is 1. The van der Waals surface area contributed by atoms with Crippen LogP contribution in [0, 0.1) is 0 Å². The van der Waals surface area contributed by atoms with E-state index in [9.17, 15) is 26.4 Å². The summed E-state index contributed by atoms with van der Waals surface area (Å²) in [6.07, 6.45) is 3.69. The number of piperidine rings is 2. The zero-order valence-electron chi connectivity index (χ0n) is 30.6. The summed E-state index contributed by atoms with van der Waals surface area (Å²) in [7, 11) is -3.47. The van der Waals surface area contributed by atoms with E-state index in [-0.39, 0.29) is 17.3 Å². The van der Waals surface area contributed by atoms with Crippen LogP contribution < -0.4 is 0 Å². The van der Waals surface area contributed by atoms with E-state index in [2.05, 4.69) is 39.0 Å². The lowest BCUT2D eigenvalue weighted by molar-refractivity contribution is -0.139. The predicted octanol–water partition coefficient (Wildman–Crippen LogP) is 6.34. The van der Waals surface area contributed by atoms with Crippen molar-refractivity contribution in [1.82, 2.24) is 28.8 Å².